The summed E-state index contributed by atoms with van der Waals surface area (Å²) in [6.07, 6.45) is -0.213. The molecule has 17 heavy (non-hydrogen) atoms. The summed E-state index contributed by atoms with van der Waals surface area (Å²) in [5, 5.41) is 10.3. The molecule has 0 amide bonds. The normalized spacial score (nSPS) is 10.5. The van der Waals surface area contributed by atoms with Crippen LogP contribution >= 0.6 is 23.1 Å². The van der Waals surface area contributed by atoms with Crippen molar-refractivity contribution in [1.29, 1.82) is 0 Å². The van der Waals surface area contributed by atoms with E-state index in [1.807, 2.05) is 0 Å². The van der Waals surface area contributed by atoms with E-state index in [-0.39, 0.29) is 24.2 Å². The van der Waals surface area contributed by atoms with Crippen molar-refractivity contribution in [1.82, 2.24) is 4.98 Å². The average molecular weight is 275 g/mol. The molecular weight excluding hydrogens is 262 g/mol. The zero-order chi connectivity index (χ0) is 12.8. The number of hydrogen-bond donors (Lipinski definition) is 1. The number of thiazole rings is 1. The van der Waals surface area contributed by atoms with Crippen molar-refractivity contribution < 1.29 is 19.4 Å². The lowest BCUT2D eigenvalue weighted by molar-refractivity contribution is -0.144. The average Bonchev–Trinajstić information content (AvgIpc) is 2.60. The Morgan fingerprint density at radius 2 is 2.29 bits per heavy atom. The second kappa shape index (κ2) is 6.61. The van der Waals surface area contributed by atoms with Gasteiger partial charge in [-0.2, -0.15) is 0 Å². The molecule has 1 rings (SSSR count). The molecule has 7 heteroatoms. The zero-order valence-corrected chi connectivity index (χ0v) is 11.1. The van der Waals surface area contributed by atoms with E-state index >= 15 is 0 Å². The topological polar surface area (TPSA) is 76.5 Å². The molecule has 0 unspecified atom stereocenters. The van der Waals surface area contributed by atoms with Crippen molar-refractivity contribution in [3.63, 3.8) is 0 Å². The van der Waals surface area contributed by atoms with Gasteiger partial charge in [-0.25, -0.2) is 4.98 Å². The van der Waals surface area contributed by atoms with E-state index in [2.05, 4.69) is 4.98 Å². The van der Waals surface area contributed by atoms with E-state index in [0.29, 0.717) is 10.0 Å². The number of nitrogens with zero attached hydrogens (tertiary/aromatic N) is 1. The van der Waals surface area contributed by atoms with Crippen LogP contribution in [-0.4, -0.2) is 33.9 Å². The fourth-order valence-electron chi connectivity index (χ4n) is 1.01. The highest BCUT2D eigenvalue weighted by molar-refractivity contribution is 8.01. The van der Waals surface area contributed by atoms with Crippen LogP contribution in [0.3, 0.4) is 0 Å². The van der Waals surface area contributed by atoms with Gasteiger partial charge in [0.05, 0.1) is 24.0 Å². The number of aromatic nitrogens is 1. The van der Waals surface area contributed by atoms with Gasteiger partial charge in [0.1, 0.15) is 0 Å². The maximum absolute atomic E-state index is 11.3. The second-order valence-electron chi connectivity index (χ2n) is 3.50. The van der Waals surface area contributed by atoms with Crippen LogP contribution in [0.2, 0.25) is 0 Å². The molecule has 0 aliphatic carbocycles. The molecule has 94 valence electrons. The Bertz CT molecular complexity index is 403. The van der Waals surface area contributed by atoms with Crippen LogP contribution in [0.25, 0.3) is 0 Å². The van der Waals surface area contributed by atoms with Gasteiger partial charge in [0.2, 0.25) is 0 Å². The van der Waals surface area contributed by atoms with Gasteiger partial charge in [0, 0.05) is 5.38 Å². The predicted octanol–water partition coefficient (Wildman–Crippen LogP) is 1.81. The summed E-state index contributed by atoms with van der Waals surface area (Å²) in [5.41, 5.74) is 0.516. The first-order valence-electron chi connectivity index (χ1n) is 4.96. The lowest BCUT2D eigenvalue weighted by atomic mass is 10.3. The lowest BCUT2D eigenvalue weighted by Crippen LogP contribution is -2.13. The quantitative estimate of drug-likeness (QED) is 0.630. The van der Waals surface area contributed by atoms with Gasteiger partial charge in [-0.1, -0.05) is 11.8 Å². The van der Waals surface area contributed by atoms with Crippen molar-refractivity contribution in [2.75, 3.05) is 5.75 Å². The molecule has 0 radical (unpaired) electrons. The molecule has 1 aromatic rings. The SMILES string of the molecule is CC(C)OC(=O)CSc1nc(CC(=O)O)cs1. The minimum atomic E-state index is -0.911. The highest BCUT2D eigenvalue weighted by Gasteiger charge is 2.10. The van der Waals surface area contributed by atoms with Gasteiger partial charge < -0.3 is 9.84 Å². The third-order valence-corrected chi connectivity index (χ3v) is 3.59. The van der Waals surface area contributed by atoms with E-state index in [9.17, 15) is 9.59 Å². The number of esters is 1. The molecule has 0 spiro atoms. The summed E-state index contributed by atoms with van der Waals surface area (Å²) in [6.45, 7) is 3.58. The first-order chi connectivity index (χ1) is 7.97. The third-order valence-electron chi connectivity index (χ3n) is 1.54. The smallest absolute Gasteiger partial charge is 0.316 e. The van der Waals surface area contributed by atoms with Gasteiger partial charge in [-0.05, 0) is 13.8 Å². The Labute approximate surface area is 107 Å². The molecule has 0 aliphatic heterocycles. The van der Waals surface area contributed by atoms with E-state index in [1.54, 1.807) is 19.2 Å². The number of carboxylic acids is 1. The molecule has 5 nitrogen and oxygen atoms in total. The molecule has 0 aliphatic rings. The summed E-state index contributed by atoms with van der Waals surface area (Å²) in [4.78, 5) is 25.8. The van der Waals surface area contributed by atoms with Crippen LogP contribution in [0, 0.1) is 0 Å². The van der Waals surface area contributed by atoms with Crippen LogP contribution in [0.15, 0.2) is 9.72 Å². The molecule has 1 heterocycles. The van der Waals surface area contributed by atoms with Crippen molar-refractivity contribution >= 4 is 35.0 Å². The molecule has 0 saturated heterocycles. The predicted molar refractivity (Wildman–Crippen MR) is 65.4 cm³/mol. The second-order valence-corrected chi connectivity index (χ2v) is 5.58. The third kappa shape index (κ3) is 5.69. The van der Waals surface area contributed by atoms with E-state index in [1.165, 1.54) is 23.1 Å². The Hall–Kier alpha value is -1.08. The van der Waals surface area contributed by atoms with Crippen LogP contribution in [0.5, 0.6) is 0 Å². The number of carbonyl (C=O) groups is 2. The molecule has 0 bridgehead atoms. The monoisotopic (exact) mass is 275 g/mol. The number of aliphatic carboxylic acids is 1. The molecule has 1 N–H and O–H groups in total. The minimum Gasteiger partial charge on any atom is -0.481 e. The van der Waals surface area contributed by atoms with Gasteiger partial charge in [0.25, 0.3) is 0 Å². The van der Waals surface area contributed by atoms with Crippen molar-refractivity contribution in [3.8, 4) is 0 Å². The summed E-state index contributed by atoms with van der Waals surface area (Å²) in [5.74, 6) is -1.01. The Kier molecular flexibility index (Phi) is 5.43. The van der Waals surface area contributed by atoms with Crippen LogP contribution in [0.4, 0.5) is 0 Å². The van der Waals surface area contributed by atoms with Crippen molar-refractivity contribution in [3.05, 3.63) is 11.1 Å². The highest BCUT2D eigenvalue weighted by atomic mass is 32.2. The van der Waals surface area contributed by atoms with Gasteiger partial charge in [-0.15, -0.1) is 11.3 Å². The minimum absolute atomic E-state index is 0.0898. The number of carboxylic acid groups (broad SMARTS) is 1. The standard InChI is InChI=1S/C10H13NO4S2/c1-6(2)15-9(14)5-17-10-11-7(4-16-10)3-8(12)13/h4,6H,3,5H2,1-2H3,(H,12,13). The number of rotatable bonds is 6. The zero-order valence-electron chi connectivity index (χ0n) is 9.50. The number of carbonyl (C=O) groups excluding carboxylic acids is 1. The van der Waals surface area contributed by atoms with Gasteiger partial charge >= 0.3 is 11.9 Å². The van der Waals surface area contributed by atoms with Crippen LogP contribution < -0.4 is 0 Å². The van der Waals surface area contributed by atoms with E-state index in [4.69, 9.17) is 9.84 Å². The first-order valence-corrected chi connectivity index (χ1v) is 6.82. The molecular formula is C10H13NO4S2. The summed E-state index contributed by atoms with van der Waals surface area (Å²) in [7, 11) is 0. The summed E-state index contributed by atoms with van der Waals surface area (Å²) >= 11 is 2.59. The number of ether oxygens (including phenoxy) is 1. The summed E-state index contributed by atoms with van der Waals surface area (Å²) in [6, 6.07) is 0. The van der Waals surface area contributed by atoms with Gasteiger partial charge in [0.15, 0.2) is 4.34 Å². The summed E-state index contributed by atoms with van der Waals surface area (Å²) < 4.78 is 5.65. The fourth-order valence-corrected chi connectivity index (χ4v) is 2.64. The molecule has 1 aromatic heterocycles. The lowest BCUT2D eigenvalue weighted by Gasteiger charge is -2.06. The Morgan fingerprint density at radius 1 is 1.59 bits per heavy atom. The van der Waals surface area contributed by atoms with E-state index < -0.39 is 5.97 Å². The Balaban J connectivity index is 2.39. The molecule has 0 atom stereocenters. The van der Waals surface area contributed by atoms with Crippen LogP contribution in [0.1, 0.15) is 19.5 Å². The van der Waals surface area contributed by atoms with Crippen molar-refractivity contribution in [2.45, 2.75) is 30.7 Å². The highest BCUT2D eigenvalue weighted by Crippen LogP contribution is 2.23. The largest absolute Gasteiger partial charge is 0.481 e. The van der Waals surface area contributed by atoms with Gasteiger partial charge in [-0.3, -0.25) is 9.59 Å². The maximum Gasteiger partial charge on any atom is 0.316 e. The number of hydrogen-bond acceptors (Lipinski definition) is 6. The van der Waals surface area contributed by atoms with E-state index in [0.717, 1.165) is 0 Å². The molecule has 0 saturated carbocycles. The Morgan fingerprint density at radius 3 is 2.88 bits per heavy atom. The first kappa shape index (κ1) is 14.0. The maximum atomic E-state index is 11.3. The fraction of sp³-hybridized carbons (Fsp3) is 0.500. The molecule has 0 fully saturated rings. The number of thioether (sulfide) groups is 1. The van der Waals surface area contributed by atoms with Crippen LogP contribution in [-0.2, 0) is 20.7 Å². The van der Waals surface area contributed by atoms with Crippen molar-refractivity contribution in [2.24, 2.45) is 0 Å². The molecule has 0 aromatic carbocycles.